The lowest BCUT2D eigenvalue weighted by Gasteiger charge is -2.26. The summed E-state index contributed by atoms with van der Waals surface area (Å²) in [5, 5.41) is 0. The van der Waals surface area contributed by atoms with Gasteiger partial charge in [-0.15, -0.1) is 0 Å². The van der Waals surface area contributed by atoms with Gasteiger partial charge in [0.15, 0.2) is 5.65 Å². The van der Waals surface area contributed by atoms with E-state index >= 15 is 0 Å². The maximum absolute atomic E-state index is 11.5. The minimum Gasteiger partial charge on any atom is -0.465 e. The van der Waals surface area contributed by atoms with Crippen molar-refractivity contribution in [2.75, 3.05) is 13.7 Å². The lowest BCUT2D eigenvalue weighted by atomic mass is 10.2. The fourth-order valence-corrected chi connectivity index (χ4v) is 1.97. The first-order chi connectivity index (χ1) is 8.78. The van der Waals surface area contributed by atoms with Crippen LogP contribution in [-0.2, 0) is 16.0 Å². The van der Waals surface area contributed by atoms with E-state index < -0.39 is 5.97 Å². The molecule has 1 aliphatic heterocycles. The molecule has 1 unspecified atom stereocenters. The molecule has 1 fully saturated rings. The highest BCUT2D eigenvalue weighted by atomic mass is 16.5. The third-order valence-electron chi connectivity index (χ3n) is 3.09. The van der Waals surface area contributed by atoms with E-state index in [1.54, 1.807) is 12.4 Å². The van der Waals surface area contributed by atoms with E-state index in [1.807, 2.05) is 4.57 Å². The van der Waals surface area contributed by atoms with E-state index in [4.69, 9.17) is 4.74 Å². The van der Waals surface area contributed by atoms with E-state index in [0.717, 1.165) is 25.1 Å². The van der Waals surface area contributed by atoms with Crippen LogP contribution in [0.15, 0.2) is 18.6 Å². The van der Waals surface area contributed by atoms with Gasteiger partial charge in [0, 0.05) is 12.8 Å². The lowest BCUT2D eigenvalue weighted by molar-refractivity contribution is -0.0586. The van der Waals surface area contributed by atoms with Gasteiger partial charge in [0.1, 0.15) is 0 Å². The molecule has 0 spiro atoms. The van der Waals surface area contributed by atoms with Crippen LogP contribution in [0.25, 0.3) is 11.2 Å². The van der Waals surface area contributed by atoms with Crippen molar-refractivity contribution in [3.05, 3.63) is 24.2 Å². The van der Waals surface area contributed by atoms with Crippen LogP contribution < -0.4 is 0 Å². The number of nitrogens with zero attached hydrogens (tertiary/aromatic N) is 3. The zero-order valence-corrected chi connectivity index (χ0v) is 10.00. The lowest BCUT2D eigenvalue weighted by Crippen LogP contribution is -2.30. The molecule has 1 saturated heterocycles. The highest BCUT2D eigenvalue weighted by Gasteiger charge is 2.20. The normalized spacial score (nSPS) is 18.6. The van der Waals surface area contributed by atoms with Crippen LogP contribution in [0.2, 0.25) is 0 Å². The predicted molar refractivity (Wildman–Crippen MR) is 63.2 cm³/mol. The van der Waals surface area contributed by atoms with Gasteiger partial charge in [0.25, 0.3) is 0 Å². The molecule has 0 radical (unpaired) electrons. The Labute approximate surface area is 104 Å². The Morgan fingerprint density at radius 1 is 1.61 bits per heavy atom. The summed E-state index contributed by atoms with van der Waals surface area (Å²) in [6.45, 7) is 1.56. The summed E-state index contributed by atoms with van der Waals surface area (Å²) < 4.78 is 12.0. The number of fused-ring (bicyclic) bond motifs is 1. The number of rotatable bonds is 3. The predicted octanol–water partition coefficient (Wildman–Crippen LogP) is 1.01. The molecule has 18 heavy (non-hydrogen) atoms. The monoisotopic (exact) mass is 247 g/mol. The standard InChI is InChI=1S/C12H13N3O3/c1-17-12(16)8-4-10-11(13-5-8)14-7-15(10)6-9-2-3-18-9/h4-5,7,9H,2-3,6H2,1H3. The van der Waals surface area contributed by atoms with Crippen LogP contribution in [0.5, 0.6) is 0 Å². The van der Waals surface area contributed by atoms with Crippen LogP contribution in [0.1, 0.15) is 16.8 Å². The summed E-state index contributed by atoms with van der Waals surface area (Å²) in [5.74, 6) is -0.392. The van der Waals surface area contributed by atoms with Gasteiger partial charge in [-0.05, 0) is 12.5 Å². The quantitative estimate of drug-likeness (QED) is 0.757. The van der Waals surface area contributed by atoms with E-state index in [9.17, 15) is 4.79 Å². The van der Waals surface area contributed by atoms with Gasteiger partial charge in [-0.3, -0.25) is 0 Å². The fourth-order valence-electron chi connectivity index (χ4n) is 1.97. The second-order valence-corrected chi connectivity index (χ2v) is 4.24. The number of pyridine rings is 1. The van der Waals surface area contributed by atoms with Crippen molar-refractivity contribution in [1.82, 2.24) is 14.5 Å². The molecule has 2 aromatic heterocycles. The first-order valence-corrected chi connectivity index (χ1v) is 5.79. The third kappa shape index (κ3) is 1.84. The Kier molecular flexibility index (Phi) is 2.71. The summed E-state index contributed by atoms with van der Waals surface area (Å²) in [7, 11) is 1.35. The molecule has 0 saturated carbocycles. The van der Waals surface area contributed by atoms with Crippen LogP contribution in [0, 0.1) is 0 Å². The fraction of sp³-hybridized carbons (Fsp3) is 0.417. The maximum atomic E-state index is 11.5. The summed E-state index contributed by atoms with van der Waals surface area (Å²) in [4.78, 5) is 19.8. The van der Waals surface area contributed by atoms with Gasteiger partial charge in [-0.1, -0.05) is 0 Å². The SMILES string of the molecule is COC(=O)c1cnc2ncn(CC3CCO3)c2c1. The number of aromatic nitrogens is 3. The molecule has 6 heteroatoms. The van der Waals surface area contributed by atoms with Crippen LogP contribution in [-0.4, -0.2) is 40.3 Å². The largest absolute Gasteiger partial charge is 0.465 e. The van der Waals surface area contributed by atoms with Crippen LogP contribution in [0.4, 0.5) is 0 Å². The molecular weight excluding hydrogens is 234 g/mol. The second kappa shape index (κ2) is 4.38. The number of methoxy groups -OCH3 is 1. The maximum Gasteiger partial charge on any atom is 0.339 e. The van der Waals surface area contributed by atoms with E-state index in [0.29, 0.717) is 11.2 Å². The Bertz CT molecular complexity index is 589. The minimum absolute atomic E-state index is 0.240. The van der Waals surface area contributed by atoms with Crippen molar-refractivity contribution < 1.29 is 14.3 Å². The first-order valence-electron chi connectivity index (χ1n) is 5.79. The molecule has 3 rings (SSSR count). The molecule has 3 heterocycles. The Balaban J connectivity index is 1.96. The molecule has 0 aromatic carbocycles. The molecule has 0 bridgehead atoms. The summed E-state index contributed by atoms with van der Waals surface area (Å²) >= 11 is 0. The molecule has 2 aromatic rings. The first kappa shape index (κ1) is 11.2. The average molecular weight is 247 g/mol. The average Bonchev–Trinajstić information content (AvgIpc) is 2.75. The molecule has 0 amide bonds. The van der Waals surface area contributed by atoms with Gasteiger partial charge in [0.2, 0.25) is 0 Å². The number of carbonyl (C=O) groups excluding carboxylic acids is 1. The van der Waals surface area contributed by atoms with Gasteiger partial charge in [0.05, 0.1) is 37.2 Å². The summed E-state index contributed by atoms with van der Waals surface area (Å²) in [6, 6.07) is 1.75. The van der Waals surface area contributed by atoms with Crippen molar-refractivity contribution in [1.29, 1.82) is 0 Å². The smallest absolute Gasteiger partial charge is 0.339 e. The third-order valence-corrected chi connectivity index (χ3v) is 3.09. The van der Waals surface area contributed by atoms with Gasteiger partial charge in [-0.2, -0.15) is 0 Å². The van der Waals surface area contributed by atoms with E-state index in [-0.39, 0.29) is 6.10 Å². The van der Waals surface area contributed by atoms with Gasteiger partial charge < -0.3 is 14.0 Å². The van der Waals surface area contributed by atoms with Gasteiger partial charge >= 0.3 is 5.97 Å². The number of hydrogen-bond acceptors (Lipinski definition) is 5. The molecule has 94 valence electrons. The van der Waals surface area contributed by atoms with Crippen molar-refractivity contribution in [3.63, 3.8) is 0 Å². The second-order valence-electron chi connectivity index (χ2n) is 4.24. The van der Waals surface area contributed by atoms with Crippen LogP contribution >= 0.6 is 0 Å². The number of hydrogen-bond donors (Lipinski definition) is 0. The molecule has 0 aliphatic carbocycles. The molecule has 1 aliphatic rings. The Morgan fingerprint density at radius 3 is 3.11 bits per heavy atom. The van der Waals surface area contributed by atoms with Gasteiger partial charge in [-0.25, -0.2) is 14.8 Å². The number of ether oxygens (including phenoxy) is 2. The summed E-state index contributed by atoms with van der Waals surface area (Å²) in [5.41, 5.74) is 1.89. The van der Waals surface area contributed by atoms with Crippen molar-refractivity contribution in [3.8, 4) is 0 Å². The number of imidazole rings is 1. The minimum atomic E-state index is -0.392. The molecular formula is C12H13N3O3. The van der Waals surface area contributed by atoms with Crippen molar-refractivity contribution in [2.24, 2.45) is 0 Å². The zero-order chi connectivity index (χ0) is 12.5. The van der Waals surface area contributed by atoms with Crippen LogP contribution in [0.3, 0.4) is 0 Å². The van der Waals surface area contributed by atoms with Crippen molar-refractivity contribution >= 4 is 17.1 Å². The zero-order valence-electron chi connectivity index (χ0n) is 10.00. The van der Waals surface area contributed by atoms with Crippen molar-refractivity contribution in [2.45, 2.75) is 19.1 Å². The van der Waals surface area contributed by atoms with E-state index in [2.05, 4.69) is 14.7 Å². The molecule has 6 nitrogen and oxygen atoms in total. The Hall–Kier alpha value is -1.95. The number of carbonyl (C=O) groups is 1. The Morgan fingerprint density at radius 2 is 2.44 bits per heavy atom. The topological polar surface area (TPSA) is 66.2 Å². The highest BCUT2D eigenvalue weighted by molar-refractivity contribution is 5.92. The number of esters is 1. The highest BCUT2D eigenvalue weighted by Crippen LogP contribution is 2.18. The van der Waals surface area contributed by atoms with E-state index in [1.165, 1.54) is 13.3 Å². The summed E-state index contributed by atoms with van der Waals surface area (Å²) in [6.07, 6.45) is 4.50. The molecule has 0 N–H and O–H groups in total. The molecule has 1 atom stereocenters.